The Morgan fingerprint density at radius 3 is 2.44 bits per heavy atom. The van der Waals surface area contributed by atoms with Gasteiger partial charge in [0.25, 0.3) is 11.8 Å². The lowest BCUT2D eigenvalue weighted by molar-refractivity contribution is -0.150. The van der Waals surface area contributed by atoms with E-state index in [1.165, 1.54) is 30.3 Å². The van der Waals surface area contributed by atoms with E-state index in [0.717, 1.165) is 12.0 Å². The largest absolute Gasteiger partial charge is 0.467 e. The molecule has 1 saturated heterocycles. The predicted octanol–water partition coefficient (Wildman–Crippen LogP) is 2.26. The van der Waals surface area contributed by atoms with Crippen LogP contribution < -0.4 is 5.32 Å². The van der Waals surface area contributed by atoms with Crippen LogP contribution in [0.3, 0.4) is 0 Å². The summed E-state index contributed by atoms with van der Waals surface area (Å²) in [5.74, 6) is -5.19. The molecular formula is C25H24F2N2O6S. The molecule has 0 aromatic heterocycles. The molecule has 1 heterocycles. The normalized spacial score (nSPS) is 22.0. The number of hydrogen-bond acceptors (Lipinski definition) is 6. The third-order valence-corrected chi connectivity index (χ3v) is 9.76. The first kappa shape index (κ1) is 24.4. The minimum Gasteiger partial charge on any atom is -0.467 e. The molecule has 1 saturated carbocycles. The maximum atomic E-state index is 14.8. The minimum absolute atomic E-state index is 0.0519. The summed E-state index contributed by atoms with van der Waals surface area (Å²) in [6.45, 7) is -0.648. The van der Waals surface area contributed by atoms with Gasteiger partial charge in [0.2, 0.25) is 5.91 Å². The second-order valence-corrected chi connectivity index (χ2v) is 11.8. The van der Waals surface area contributed by atoms with Gasteiger partial charge in [0.15, 0.2) is 9.84 Å². The Bertz CT molecular complexity index is 1370. The van der Waals surface area contributed by atoms with Gasteiger partial charge in [-0.1, -0.05) is 30.3 Å². The predicted molar refractivity (Wildman–Crippen MR) is 125 cm³/mol. The molecule has 190 valence electrons. The zero-order valence-electron chi connectivity index (χ0n) is 19.4. The molecule has 36 heavy (non-hydrogen) atoms. The first-order valence-corrected chi connectivity index (χ1v) is 13.2. The zero-order chi connectivity index (χ0) is 25.8. The van der Waals surface area contributed by atoms with Crippen molar-refractivity contribution in [3.05, 3.63) is 59.2 Å². The highest BCUT2D eigenvalue weighted by molar-refractivity contribution is 7.93. The van der Waals surface area contributed by atoms with Crippen molar-refractivity contribution in [3.63, 3.8) is 0 Å². The van der Waals surface area contributed by atoms with Crippen molar-refractivity contribution >= 4 is 27.6 Å². The lowest BCUT2D eigenvalue weighted by Crippen LogP contribution is -2.46. The fourth-order valence-corrected chi connectivity index (χ4v) is 7.17. The van der Waals surface area contributed by atoms with E-state index in [-0.39, 0.29) is 35.2 Å². The van der Waals surface area contributed by atoms with Crippen molar-refractivity contribution in [2.24, 2.45) is 0 Å². The smallest absolute Gasteiger partial charge is 0.328 e. The molecule has 0 bridgehead atoms. The Kier molecular flexibility index (Phi) is 5.85. The highest BCUT2D eigenvalue weighted by Gasteiger charge is 2.50. The number of fused-ring (bicyclic) bond motifs is 3. The Morgan fingerprint density at radius 1 is 1.06 bits per heavy atom. The zero-order valence-corrected chi connectivity index (χ0v) is 20.2. The van der Waals surface area contributed by atoms with Crippen molar-refractivity contribution in [2.45, 2.75) is 41.7 Å². The number of amides is 2. The number of benzene rings is 2. The van der Waals surface area contributed by atoms with Gasteiger partial charge in [0.05, 0.1) is 24.2 Å². The van der Waals surface area contributed by atoms with E-state index in [2.05, 4.69) is 5.32 Å². The summed E-state index contributed by atoms with van der Waals surface area (Å²) in [7, 11) is -2.31. The van der Waals surface area contributed by atoms with E-state index in [0.29, 0.717) is 18.4 Å². The number of nitrogens with one attached hydrogen (secondary N) is 1. The van der Waals surface area contributed by atoms with E-state index in [9.17, 15) is 31.6 Å². The van der Waals surface area contributed by atoms with Crippen LogP contribution in [0, 0.1) is 0 Å². The number of likely N-dealkylation sites (tertiary alicyclic amines) is 1. The Hall–Kier alpha value is -3.34. The minimum atomic E-state index is -3.47. The molecule has 1 aliphatic heterocycles. The number of carbonyl (C=O) groups excluding carboxylic acids is 3. The van der Waals surface area contributed by atoms with Gasteiger partial charge in [0, 0.05) is 23.2 Å². The highest BCUT2D eigenvalue weighted by Crippen LogP contribution is 2.50. The van der Waals surface area contributed by atoms with Crippen LogP contribution in [-0.2, 0) is 30.1 Å². The topological polar surface area (TPSA) is 110 Å². The van der Waals surface area contributed by atoms with Gasteiger partial charge >= 0.3 is 5.97 Å². The molecule has 8 nitrogen and oxygen atoms in total. The molecule has 2 fully saturated rings. The molecule has 2 aromatic rings. The molecule has 2 amide bonds. The summed E-state index contributed by atoms with van der Waals surface area (Å²) in [6, 6.07) is 8.84. The van der Waals surface area contributed by atoms with Gasteiger partial charge in [0.1, 0.15) is 6.04 Å². The average Bonchev–Trinajstić information content (AvgIpc) is 3.60. The fourth-order valence-electron chi connectivity index (χ4n) is 5.02. The van der Waals surface area contributed by atoms with E-state index in [4.69, 9.17) is 4.74 Å². The Morgan fingerprint density at radius 2 is 1.75 bits per heavy atom. The number of nitrogens with zero attached hydrogens (tertiary/aromatic N) is 1. The third-order valence-electron chi connectivity index (χ3n) is 7.09. The molecule has 0 unspecified atom stereocenters. The van der Waals surface area contributed by atoms with Crippen LogP contribution in [0.25, 0.3) is 11.1 Å². The average molecular weight is 519 g/mol. The Balaban J connectivity index is 1.30. The van der Waals surface area contributed by atoms with Crippen molar-refractivity contribution < 1.29 is 36.3 Å². The molecule has 0 radical (unpaired) electrons. The van der Waals surface area contributed by atoms with Crippen LogP contribution in [0.4, 0.5) is 8.78 Å². The summed E-state index contributed by atoms with van der Waals surface area (Å²) >= 11 is 0. The number of hydrogen-bond donors (Lipinski definition) is 1. The number of sulfone groups is 1. The molecule has 2 aromatic carbocycles. The first-order chi connectivity index (χ1) is 17.1. The van der Waals surface area contributed by atoms with Crippen molar-refractivity contribution in [1.82, 2.24) is 10.2 Å². The van der Waals surface area contributed by atoms with Crippen LogP contribution >= 0.6 is 0 Å². The van der Waals surface area contributed by atoms with Crippen LogP contribution in [0.15, 0.2) is 42.5 Å². The summed E-state index contributed by atoms with van der Waals surface area (Å²) in [4.78, 5) is 39.1. The summed E-state index contributed by atoms with van der Waals surface area (Å²) < 4.78 is 59.6. The molecular weight excluding hydrogens is 494 g/mol. The molecule has 3 aliphatic rings. The van der Waals surface area contributed by atoms with E-state index in [1.54, 1.807) is 12.1 Å². The molecule has 11 heteroatoms. The lowest BCUT2D eigenvalue weighted by atomic mass is 10.0. The number of esters is 1. The Labute approximate surface area is 206 Å². The maximum Gasteiger partial charge on any atom is 0.328 e. The molecule has 2 aliphatic carbocycles. The molecule has 5 rings (SSSR count). The molecule has 0 spiro atoms. The number of halogens is 2. The number of carbonyl (C=O) groups is 3. The van der Waals surface area contributed by atoms with Crippen LogP contribution in [0.5, 0.6) is 0 Å². The molecule has 2 atom stereocenters. The van der Waals surface area contributed by atoms with Gasteiger partial charge < -0.3 is 15.0 Å². The number of methoxy groups -OCH3 is 1. The lowest BCUT2D eigenvalue weighted by Gasteiger charge is -2.22. The molecule has 1 N–H and O–H groups in total. The van der Waals surface area contributed by atoms with Gasteiger partial charge in [-0.3, -0.25) is 9.59 Å². The van der Waals surface area contributed by atoms with Gasteiger partial charge in [-0.25, -0.2) is 13.2 Å². The number of rotatable bonds is 6. The highest BCUT2D eigenvalue weighted by atomic mass is 32.2. The standard InChI is InChI=1S/C25H24F2N2O6S/c1-35-24(32)21-11-16(36(33,34)15-7-8-15)13-29(21)22(30)12-28-23(31)14-6-9-20-18(10-14)17-4-2-3-5-19(17)25(20,26)27/h2-6,9-10,15-16,21H,7-8,11-13H2,1H3,(H,28,31)/t16-,21+/m1/s1. The fraction of sp³-hybridized carbons (Fsp3) is 0.400. The van der Waals surface area contributed by atoms with E-state index >= 15 is 0 Å². The first-order valence-electron chi connectivity index (χ1n) is 11.6. The van der Waals surface area contributed by atoms with Crippen LogP contribution in [0.2, 0.25) is 0 Å². The van der Waals surface area contributed by atoms with E-state index in [1.807, 2.05) is 0 Å². The summed E-state index contributed by atoms with van der Waals surface area (Å²) in [5, 5.41) is 1.15. The SMILES string of the molecule is COC(=O)[C@@H]1C[C@@H](S(=O)(=O)C2CC2)CN1C(=O)CNC(=O)c1ccc2c(c1)-c1ccccc1C2(F)F. The summed E-state index contributed by atoms with van der Waals surface area (Å²) in [6.07, 6.45) is 1.09. The van der Waals surface area contributed by atoms with Crippen molar-refractivity contribution in [1.29, 1.82) is 0 Å². The quantitative estimate of drug-likeness (QED) is 0.588. The van der Waals surface area contributed by atoms with Gasteiger partial charge in [-0.05, 0) is 42.5 Å². The second-order valence-electron chi connectivity index (χ2n) is 9.29. The van der Waals surface area contributed by atoms with Crippen LogP contribution in [0.1, 0.15) is 40.7 Å². The third kappa shape index (κ3) is 3.95. The van der Waals surface area contributed by atoms with Gasteiger partial charge in [-0.2, -0.15) is 8.78 Å². The second kappa shape index (κ2) is 8.65. The monoisotopic (exact) mass is 518 g/mol. The van der Waals surface area contributed by atoms with E-state index < -0.39 is 56.6 Å². The van der Waals surface area contributed by atoms with Gasteiger partial charge in [-0.15, -0.1) is 0 Å². The number of alkyl halides is 2. The van der Waals surface area contributed by atoms with Crippen molar-refractivity contribution in [3.8, 4) is 11.1 Å². The maximum absolute atomic E-state index is 14.8. The number of ether oxygens (including phenoxy) is 1. The van der Waals surface area contributed by atoms with Crippen molar-refractivity contribution in [2.75, 3.05) is 20.2 Å². The summed E-state index contributed by atoms with van der Waals surface area (Å²) in [5.41, 5.74) is 0.342. The van der Waals surface area contributed by atoms with Crippen LogP contribution in [-0.4, -0.2) is 67.8 Å².